The molecule has 2 rings (SSSR count). The number of nitrogens with one attached hydrogen (secondary N) is 1. The van der Waals surface area contributed by atoms with Crippen molar-refractivity contribution in [1.29, 1.82) is 0 Å². The van der Waals surface area contributed by atoms with E-state index in [-0.39, 0.29) is 7.43 Å². The number of pyridine rings is 1. The van der Waals surface area contributed by atoms with Crippen molar-refractivity contribution in [3.05, 3.63) is 58.7 Å². The molecule has 0 bridgehead atoms. The van der Waals surface area contributed by atoms with Crippen LogP contribution < -0.4 is 5.32 Å². The highest BCUT2D eigenvalue weighted by atomic mass is 35.5. The van der Waals surface area contributed by atoms with Crippen molar-refractivity contribution in [2.24, 2.45) is 0 Å². The molecule has 0 radical (unpaired) electrons. The quantitative estimate of drug-likeness (QED) is 0.718. The maximum atomic E-state index is 10.5. The Morgan fingerprint density at radius 2 is 1.64 bits per heavy atom. The first kappa shape index (κ1) is 22.4. The molecular formula is C18H27ClN2O. The van der Waals surface area contributed by atoms with E-state index in [1.807, 2.05) is 52.0 Å². The Kier molecular flexibility index (Phi) is 14.3. The lowest BCUT2D eigenvalue weighted by molar-refractivity contribution is 0.112. The van der Waals surface area contributed by atoms with Gasteiger partial charge in [-0.15, -0.1) is 0 Å². The van der Waals surface area contributed by atoms with E-state index in [1.165, 1.54) is 6.20 Å². The number of hydrogen-bond donors (Lipinski definition) is 1. The summed E-state index contributed by atoms with van der Waals surface area (Å²) < 4.78 is 0. The van der Waals surface area contributed by atoms with E-state index < -0.39 is 0 Å². The zero-order chi connectivity index (χ0) is 16.1. The average Bonchev–Trinajstić information content (AvgIpc) is 2.58. The van der Waals surface area contributed by atoms with Crippen molar-refractivity contribution in [2.75, 3.05) is 5.32 Å². The minimum atomic E-state index is 0. The molecule has 0 aliphatic carbocycles. The van der Waals surface area contributed by atoms with Gasteiger partial charge in [-0.1, -0.05) is 58.9 Å². The summed E-state index contributed by atoms with van der Waals surface area (Å²) in [6.07, 6.45) is 2.31. The van der Waals surface area contributed by atoms with Crippen LogP contribution in [0.2, 0.25) is 5.02 Å². The molecule has 2 aromatic rings. The third-order valence-corrected chi connectivity index (χ3v) is 2.56. The molecule has 0 fully saturated rings. The topological polar surface area (TPSA) is 42.0 Å². The fourth-order valence-corrected chi connectivity index (χ4v) is 1.50. The van der Waals surface area contributed by atoms with Crippen LogP contribution in [0.4, 0.5) is 5.82 Å². The Hall–Kier alpha value is -1.87. The first-order chi connectivity index (χ1) is 10.3. The Labute approximate surface area is 139 Å². The molecule has 3 nitrogen and oxygen atoms in total. The second kappa shape index (κ2) is 14.1. The smallest absolute Gasteiger partial charge is 0.151 e. The number of nitrogens with zero attached hydrogens (tertiary/aromatic N) is 1. The van der Waals surface area contributed by atoms with Crippen LogP contribution in [-0.4, -0.2) is 11.3 Å². The second-order valence-electron chi connectivity index (χ2n) is 3.57. The number of halogens is 1. The first-order valence-corrected chi connectivity index (χ1v) is 7.55. The summed E-state index contributed by atoms with van der Waals surface area (Å²) in [5.74, 6) is 0.741. The Bertz CT molecular complexity index is 496. The normalized spacial score (nSPS) is 8.23. The number of rotatable bonds is 4. The largest absolute Gasteiger partial charge is 0.366 e. The van der Waals surface area contributed by atoms with Crippen LogP contribution in [0.25, 0.3) is 0 Å². The molecule has 1 aromatic carbocycles. The van der Waals surface area contributed by atoms with Crippen molar-refractivity contribution in [3.63, 3.8) is 0 Å². The number of aldehydes is 1. The van der Waals surface area contributed by atoms with Crippen LogP contribution in [0.3, 0.4) is 0 Å². The van der Waals surface area contributed by atoms with E-state index in [1.54, 1.807) is 12.1 Å². The molecule has 0 unspecified atom stereocenters. The SMILES string of the molecule is C.CC.CC.O=Cc1ccc(NCc2ccc(Cl)cc2)nc1. The third-order valence-electron chi connectivity index (χ3n) is 2.31. The van der Waals surface area contributed by atoms with Gasteiger partial charge >= 0.3 is 0 Å². The van der Waals surface area contributed by atoms with E-state index in [2.05, 4.69) is 10.3 Å². The summed E-state index contributed by atoms with van der Waals surface area (Å²) in [4.78, 5) is 14.6. The van der Waals surface area contributed by atoms with Gasteiger partial charge in [-0.3, -0.25) is 4.79 Å². The summed E-state index contributed by atoms with van der Waals surface area (Å²) in [5.41, 5.74) is 1.69. The van der Waals surface area contributed by atoms with Crippen LogP contribution in [0.1, 0.15) is 51.0 Å². The lowest BCUT2D eigenvalue weighted by atomic mass is 10.2. The summed E-state index contributed by atoms with van der Waals surface area (Å²) in [7, 11) is 0. The van der Waals surface area contributed by atoms with Gasteiger partial charge in [0.1, 0.15) is 5.82 Å². The van der Waals surface area contributed by atoms with Crippen molar-refractivity contribution < 1.29 is 4.79 Å². The summed E-state index contributed by atoms with van der Waals surface area (Å²) in [6, 6.07) is 11.1. The number of carbonyl (C=O) groups is 1. The number of carbonyl (C=O) groups excluding carboxylic acids is 1. The fraction of sp³-hybridized carbons (Fsp3) is 0.333. The lowest BCUT2D eigenvalue weighted by Crippen LogP contribution is -2.01. The molecule has 0 saturated carbocycles. The average molecular weight is 323 g/mol. The molecule has 0 amide bonds. The molecule has 1 aromatic heterocycles. The number of aromatic nitrogens is 1. The van der Waals surface area contributed by atoms with Gasteiger partial charge in [0.25, 0.3) is 0 Å². The van der Waals surface area contributed by atoms with Gasteiger partial charge in [-0.05, 0) is 29.8 Å². The summed E-state index contributed by atoms with van der Waals surface area (Å²) in [6.45, 7) is 8.67. The second-order valence-corrected chi connectivity index (χ2v) is 4.01. The Balaban J connectivity index is 0. The van der Waals surface area contributed by atoms with Crippen LogP contribution in [-0.2, 0) is 6.54 Å². The zero-order valence-electron chi connectivity index (χ0n) is 13.1. The predicted octanol–water partition coefficient (Wildman–Crippen LogP) is 5.85. The van der Waals surface area contributed by atoms with Gasteiger partial charge in [0.05, 0.1) is 0 Å². The van der Waals surface area contributed by atoms with Gasteiger partial charge in [0, 0.05) is 23.3 Å². The highest BCUT2D eigenvalue weighted by Gasteiger charge is 1.96. The third kappa shape index (κ3) is 8.42. The molecule has 0 atom stereocenters. The summed E-state index contributed by atoms with van der Waals surface area (Å²) >= 11 is 5.80. The van der Waals surface area contributed by atoms with Crippen molar-refractivity contribution in [1.82, 2.24) is 4.98 Å². The van der Waals surface area contributed by atoms with Crippen molar-refractivity contribution >= 4 is 23.7 Å². The van der Waals surface area contributed by atoms with Gasteiger partial charge in [0.15, 0.2) is 6.29 Å². The Morgan fingerprint density at radius 1 is 1.05 bits per heavy atom. The number of benzene rings is 1. The van der Waals surface area contributed by atoms with Gasteiger partial charge in [-0.2, -0.15) is 0 Å². The van der Waals surface area contributed by atoms with Gasteiger partial charge in [0.2, 0.25) is 0 Å². The minimum absolute atomic E-state index is 0. The maximum absolute atomic E-state index is 10.5. The molecule has 0 aliphatic rings. The van der Waals surface area contributed by atoms with E-state index in [0.29, 0.717) is 12.1 Å². The Morgan fingerprint density at radius 3 is 2.09 bits per heavy atom. The van der Waals surface area contributed by atoms with Crippen LogP contribution in [0.15, 0.2) is 42.6 Å². The van der Waals surface area contributed by atoms with E-state index in [0.717, 1.165) is 22.7 Å². The highest BCUT2D eigenvalue weighted by Crippen LogP contribution is 2.11. The molecule has 0 saturated heterocycles. The lowest BCUT2D eigenvalue weighted by Gasteiger charge is -2.05. The van der Waals surface area contributed by atoms with Gasteiger partial charge < -0.3 is 5.32 Å². The molecular weight excluding hydrogens is 296 g/mol. The zero-order valence-corrected chi connectivity index (χ0v) is 13.8. The predicted molar refractivity (Wildman–Crippen MR) is 97.8 cm³/mol. The molecule has 22 heavy (non-hydrogen) atoms. The highest BCUT2D eigenvalue weighted by molar-refractivity contribution is 6.30. The van der Waals surface area contributed by atoms with E-state index in [4.69, 9.17) is 11.6 Å². The van der Waals surface area contributed by atoms with E-state index >= 15 is 0 Å². The minimum Gasteiger partial charge on any atom is -0.366 e. The van der Waals surface area contributed by atoms with E-state index in [9.17, 15) is 4.79 Å². The van der Waals surface area contributed by atoms with Gasteiger partial charge in [-0.25, -0.2) is 4.98 Å². The first-order valence-electron chi connectivity index (χ1n) is 7.17. The van der Waals surface area contributed by atoms with Crippen molar-refractivity contribution in [2.45, 2.75) is 41.7 Å². The van der Waals surface area contributed by atoms with Crippen molar-refractivity contribution in [3.8, 4) is 0 Å². The molecule has 0 spiro atoms. The maximum Gasteiger partial charge on any atom is 0.151 e. The van der Waals surface area contributed by atoms with Crippen LogP contribution in [0, 0.1) is 0 Å². The fourth-order valence-electron chi connectivity index (χ4n) is 1.37. The molecule has 0 aliphatic heterocycles. The van der Waals surface area contributed by atoms with Crippen LogP contribution >= 0.6 is 11.6 Å². The van der Waals surface area contributed by atoms with Crippen LogP contribution in [0.5, 0.6) is 0 Å². The molecule has 4 heteroatoms. The standard InChI is InChI=1S/C13H11ClN2O.2C2H6.CH4/c14-12-4-1-10(2-5-12)7-15-13-6-3-11(9-17)8-16-13;2*1-2;/h1-6,8-9H,7H2,(H,15,16);2*1-2H3;1H4. The molecule has 1 N–H and O–H groups in total. The molecule has 1 heterocycles. The monoisotopic (exact) mass is 322 g/mol. The summed E-state index contributed by atoms with van der Waals surface area (Å²) in [5, 5.41) is 3.89. The number of hydrogen-bond acceptors (Lipinski definition) is 3. The molecule has 122 valence electrons. The number of anilines is 1.